The summed E-state index contributed by atoms with van der Waals surface area (Å²) >= 11 is 5.47. The van der Waals surface area contributed by atoms with E-state index in [-0.39, 0.29) is 41.0 Å². The monoisotopic (exact) mass is 708 g/mol. The first kappa shape index (κ1) is 34.3. The number of amides is 3. The topological polar surface area (TPSA) is 84.4 Å². The Hall–Kier alpha value is -3.08. The molecule has 3 saturated heterocycles. The third-order valence-electron chi connectivity index (χ3n) is 9.81. The van der Waals surface area contributed by atoms with Gasteiger partial charge in [-0.2, -0.15) is 0 Å². The normalized spacial score (nSPS) is 26.8. The van der Waals surface area contributed by atoms with Crippen molar-refractivity contribution in [2.45, 2.75) is 53.6 Å². The number of hydrogen-bond acceptors (Lipinski definition) is 6. The zero-order valence-corrected chi connectivity index (χ0v) is 29.3. The molecule has 0 radical (unpaired) electrons. The van der Waals surface area contributed by atoms with Crippen LogP contribution < -0.4 is 9.80 Å². The van der Waals surface area contributed by atoms with E-state index in [4.69, 9.17) is 0 Å². The summed E-state index contributed by atoms with van der Waals surface area (Å²) in [4.78, 5) is 51.0. The number of fused-ring (bicyclic) bond motifs is 1. The van der Waals surface area contributed by atoms with Crippen LogP contribution in [-0.4, -0.2) is 99.4 Å². The Balaban J connectivity index is 1.60. The van der Waals surface area contributed by atoms with Gasteiger partial charge in [-0.15, -0.1) is 24.9 Å². The summed E-state index contributed by atoms with van der Waals surface area (Å²) in [5.74, 6) is -1.86. The van der Waals surface area contributed by atoms with Gasteiger partial charge in [0.25, 0.3) is 5.91 Å². The number of nitrogens with zero attached hydrogens (tertiary/aromatic N) is 4. The molecule has 2 aromatic rings. The Morgan fingerprint density at radius 2 is 1.67 bits per heavy atom. The summed E-state index contributed by atoms with van der Waals surface area (Å²) in [6, 6.07) is 16.1. The zero-order chi connectivity index (χ0) is 33.2. The van der Waals surface area contributed by atoms with Gasteiger partial charge >= 0.3 is 0 Å². The van der Waals surface area contributed by atoms with Crippen molar-refractivity contribution in [3.05, 3.63) is 85.5 Å². The number of rotatable bonds is 14. The smallest absolute Gasteiger partial charge is 0.251 e. The number of carbonyl (C=O) groups excluding carboxylic acids is 3. The van der Waals surface area contributed by atoms with Gasteiger partial charge in [0.1, 0.15) is 6.04 Å². The van der Waals surface area contributed by atoms with E-state index >= 15 is 4.79 Å². The van der Waals surface area contributed by atoms with Gasteiger partial charge in [0.15, 0.2) is 0 Å². The summed E-state index contributed by atoms with van der Waals surface area (Å²) in [5.41, 5.74) is 2.73. The third kappa shape index (κ3) is 5.92. The number of aliphatic hydroxyl groups is 1. The molecular weight excluding hydrogens is 664 g/mol. The van der Waals surface area contributed by atoms with Gasteiger partial charge in [0, 0.05) is 54.7 Å². The van der Waals surface area contributed by atoms with Crippen LogP contribution in [-0.2, 0) is 20.8 Å². The first-order valence-corrected chi connectivity index (χ1v) is 17.9. The van der Waals surface area contributed by atoms with Crippen molar-refractivity contribution >= 4 is 56.8 Å². The molecule has 3 unspecified atom stereocenters. The van der Waals surface area contributed by atoms with Crippen LogP contribution in [0.1, 0.15) is 25.8 Å². The highest BCUT2D eigenvalue weighted by atomic mass is 79.9. The van der Waals surface area contributed by atoms with Crippen molar-refractivity contribution in [1.82, 2.24) is 9.80 Å². The van der Waals surface area contributed by atoms with Crippen LogP contribution >= 0.6 is 27.7 Å². The average Bonchev–Trinajstić information content (AvgIpc) is 3.66. The number of anilines is 2. The van der Waals surface area contributed by atoms with Crippen molar-refractivity contribution in [1.29, 1.82) is 0 Å². The summed E-state index contributed by atoms with van der Waals surface area (Å²) in [6.45, 7) is 14.0. The van der Waals surface area contributed by atoms with Crippen LogP contribution in [0.25, 0.3) is 0 Å². The van der Waals surface area contributed by atoms with Crippen molar-refractivity contribution in [2.75, 3.05) is 49.6 Å². The molecule has 0 saturated carbocycles. The van der Waals surface area contributed by atoms with Gasteiger partial charge < -0.3 is 24.7 Å². The maximum atomic E-state index is 15.1. The second kappa shape index (κ2) is 14.4. The molecule has 46 heavy (non-hydrogen) atoms. The lowest BCUT2D eigenvalue weighted by atomic mass is 9.70. The highest BCUT2D eigenvalue weighted by molar-refractivity contribution is 9.09. The van der Waals surface area contributed by atoms with Crippen molar-refractivity contribution in [3.63, 3.8) is 0 Å². The second-order valence-corrected chi connectivity index (χ2v) is 15.1. The first-order valence-electron chi connectivity index (χ1n) is 16.1. The first-order chi connectivity index (χ1) is 22.2. The molecule has 1 N–H and O–H groups in total. The molecule has 246 valence electrons. The molecule has 2 aromatic carbocycles. The molecule has 8 nitrogen and oxygen atoms in total. The molecule has 7 atom stereocenters. The van der Waals surface area contributed by atoms with E-state index in [1.807, 2.05) is 54.6 Å². The van der Waals surface area contributed by atoms with E-state index in [0.717, 1.165) is 24.3 Å². The van der Waals surface area contributed by atoms with Crippen LogP contribution in [0.2, 0.25) is 0 Å². The summed E-state index contributed by atoms with van der Waals surface area (Å²) in [6.07, 6.45) is 4.32. The Morgan fingerprint density at radius 1 is 1.04 bits per heavy atom. The Bertz CT molecular complexity index is 1440. The standard InChI is InChI=1S/C36H45BrN4O4S/c1-6-19-38(5)33(43)29-30-34(44)41(27(23-42)21-24-13-11-10-12-14-24)32(36(30)22-28(37)31(29)46-36)35(45)40(20-7-2)26-17-15-25(16-18-26)39(8-3)9-4/h6-7,10-18,27-32,42H,1-2,8-9,19-23H2,3-5H3/t27-,28?,29-,30+,31-,32?,36?/m1/s1. The van der Waals surface area contributed by atoms with Crippen LogP contribution in [0.5, 0.6) is 0 Å². The molecule has 3 fully saturated rings. The Morgan fingerprint density at radius 3 is 2.26 bits per heavy atom. The quantitative estimate of drug-likeness (QED) is 0.225. The molecule has 5 rings (SSSR count). The van der Waals surface area contributed by atoms with Gasteiger partial charge in [-0.05, 0) is 56.5 Å². The SMILES string of the molecule is C=CCN(C)C(=O)[C@H]1[C@@H]2SC3(CC2Br)C(C(=O)N(CC=C)c2ccc(N(CC)CC)cc2)N([C@@H](CO)Cc2ccccc2)C(=O)[C@H]13. The average molecular weight is 710 g/mol. The maximum absolute atomic E-state index is 15.1. The highest BCUT2D eigenvalue weighted by Gasteiger charge is 2.76. The molecule has 3 amide bonds. The number of likely N-dealkylation sites (N-methyl/N-ethyl adjacent to an activating group) is 1. The van der Waals surface area contributed by atoms with E-state index < -0.39 is 28.7 Å². The third-order valence-corrected chi connectivity index (χ3v) is 13.0. The molecule has 0 aliphatic carbocycles. The van der Waals surface area contributed by atoms with Crippen LogP contribution in [0, 0.1) is 11.8 Å². The van der Waals surface area contributed by atoms with E-state index in [1.165, 1.54) is 0 Å². The molecule has 2 bridgehead atoms. The number of likely N-dealkylation sites (tertiary alicyclic amines) is 1. The minimum absolute atomic E-state index is 0.0502. The molecule has 10 heteroatoms. The number of carbonyl (C=O) groups is 3. The molecule has 1 spiro atoms. The van der Waals surface area contributed by atoms with E-state index in [2.05, 4.69) is 47.8 Å². The van der Waals surface area contributed by atoms with Gasteiger partial charge in [-0.25, -0.2) is 0 Å². The number of halogens is 1. The number of alkyl halides is 1. The van der Waals surface area contributed by atoms with Crippen molar-refractivity contribution < 1.29 is 19.5 Å². The van der Waals surface area contributed by atoms with Gasteiger partial charge in [0.2, 0.25) is 11.8 Å². The zero-order valence-electron chi connectivity index (χ0n) is 26.9. The molecule has 3 heterocycles. The van der Waals surface area contributed by atoms with Crippen LogP contribution in [0.15, 0.2) is 79.9 Å². The van der Waals surface area contributed by atoms with Crippen LogP contribution in [0.4, 0.5) is 11.4 Å². The number of benzene rings is 2. The minimum Gasteiger partial charge on any atom is -0.394 e. The predicted molar refractivity (Wildman–Crippen MR) is 190 cm³/mol. The Kier molecular flexibility index (Phi) is 10.7. The second-order valence-electron chi connectivity index (χ2n) is 12.4. The molecule has 3 aliphatic heterocycles. The van der Waals surface area contributed by atoms with Gasteiger partial charge in [-0.1, -0.05) is 58.4 Å². The fourth-order valence-electron chi connectivity index (χ4n) is 7.73. The summed E-state index contributed by atoms with van der Waals surface area (Å²) in [5, 5.41) is 10.7. The van der Waals surface area contributed by atoms with E-state index in [0.29, 0.717) is 25.1 Å². The van der Waals surface area contributed by atoms with Gasteiger partial charge in [-0.3, -0.25) is 14.4 Å². The number of hydrogen-bond donors (Lipinski definition) is 1. The van der Waals surface area contributed by atoms with Gasteiger partial charge in [0.05, 0.1) is 29.2 Å². The van der Waals surface area contributed by atoms with Crippen molar-refractivity contribution in [2.24, 2.45) is 11.8 Å². The predicted octanol–water partition coefficient (Wildman–Crippen LogP) is 4.76. The fourth-order valence-corrected chi connectivity index (χ4v) is 11.3. The van der Waals surface area contributed by atoms with Crippen LogP contribution in [0.3, 0.4) is 0 Å². The lowest BCUT2D eigenvalue weighted by molar-refractivity contribution is -0.144. The number of aliphatic hydroxyl groups excluding tert-OH is 1. The fraction of sp³-hybridized carbons (Fsp3) is 0.472. The Labute approximate surface area is 285 Å². The number of thioether (sulfide) groups is 1. The molecule has 0 aromatic heterocycles. The maximum Gasteiger partial charge on any atom is 0.251 e. The summed E-state index contributed by atoms with van der Waals surface area (Å²) in [7, 11) is 1.73. The minimum atomic E-state index is -0.883. The largest absolute Gasteiger partial charge is 0.394 e. The van der Waals surface area contributed by atoms with E-state index in [1.54, 1.807) is 45.7 Å². The van der Waals surface area contributed by atoms with E-state index in [9.17, 15) is 14.7 Å². The summed E-state index contributed by atoms with van der Waals surface area (Å²) < 4.78 is -0.840. The molecular formula is C36H45BrN4O4S. The lowest BCUT2D eigenvalue weighted by Crippen LogP contribution is -2.58. The van der Waals surface area contributed by atoms with Crippen molar-refractivity contribution in [3.8, 4) is 0 Å². The highest BCUT2D eigenvalue weighted by Crippen LogP contribution is 2.68. The molecule has 3 aliphatic rings. The lowest BCUT2D eigenvalue weighted by Gasteiger charge is -2.40.